The van der Waals surface area contributed by atoms with Crippen LogP contribution in [-0.2, 0) is 14.8 Å². The van der Waals surface area contributed by atoms with E-state index in [4.69, 9.17) is 17.3 Å². The predicted molar refractivity (Wildman–Crippen MR) is 92.7 cm³/mol. The molecule has 9 heteroatoms. The van der Waals surface area contributed by atoms with Crippen LogP contribution in [0, 0.1) is 0 Å². The third-order valence-electron chi connectivity index (χ3n) is 3.74. The monoisotopic (exact) mass is 384 g/mol. The average molecular weight is 385 g/mol. The summed E-state index contributed by atoms with van der Waals surface area (Å²) in [6.07, 6.45) is 1.11. The maximum atomic E-state index is 12.5. The minimum absolute atomic E-state index is 0. The van der Waals surface area contributed by atoms with Crippen LogP contribution >= 0.6 is 24.0 Å². The fraction of sp³-hybridized carbons (Fsp3) is 0.500. The average Bonchev–Trinajstić information content (AvgIpc) is 2.51. The fourth-order valence-electron chi connectivity index (χ4n) is 2.03. The Morgan fingerprint density at radius 1 is 1.35 bits per heavy atom. The molecule has 0 amide bonds. The van der Waals surface area contributed by atoms with E-state index in [2.05, 4.69) is 9.46 Å². The molecule has 0 spiro atoms. The van der Waals surface area contributed by atoms with Gasteiger partial charge in [0.15, 0.2) is 0 Å². The summed E-state index contributed by atoms with van der Waals surface area (Å²) in [4.78, 5) is 11.3. The number of esters is 1. The van der Waals surface area contributed by atoms with Crippen LogP contribution in [0.15, 0.2) is 23.1 Å². The molecule has 0 aliphatic heterocycles. The summed E-state index contributed by atoms with van der Waals surface area (Å²) in [6, 6.07) is 3.90. The second-order valence-electron chi connectivity index (χ2n) is 4.93. The molecule has 0 bridgehead atoms. The van der Waals surface area contributed by atoms with Crippen molar-refractivity contribution in [1.29, 1.82) is 0 Å². The molecule has 0 aliphatic rings. The number of nitrogens with one attached hydrogen (secondary N) is 1. The summed E-state index contributed by atoms with van der Waals surface area (Å²) < 4.78 is 32.3. The maximum Gasteiger partial charge on any atom is 0.337 e. The van der Waals surface area contributed by atoms with Crippen LogP contribution in [0.25, 0.3) is 0 Å². The van der Waals surface area contributed by atoms with E-state index in [1.807, 2.05) is 13.8 Å². The highest BCUT2D eigenvalue weighted by Crippen LogP contribution is 2.25. The van der Waals surface area contributed by atoms with E-state index in [0.29, 0.717) is 12.8 Å². The molecule has 0 aliphatic carbocycles. The van der Waals surface area contributed by atoms with E-state index in [9.17, 15) is 13.2 Å². The quantitative estimate of drug-likeness (QED) is 0.702. The number of rotatable bonds is 7. The summed E-state index contributed by atoms with van der Waals surface area (Å²) >= 11 is 6.02. The summed E-state index contributed by atoms with van der Waals surface area (Å²) in [5, 5.41) is -0.0477. The van der Waals surface area contributed by atoms with Crippen molar-refractivity contribution in [3.63, 3.8) is 0 Å². The summed E-state index contributed by atoms with van der Waals surface area (Å²) in [5.74, 6) is -0.586. The molecule has 3 N–H and O–H groups in total. The number of carbonyl (C=O) groups excluding carboxylic acids is 1. The van der Waals surface area contributed by atoms with Gasteiger partial charge in [0, 0.05) is 12.1 Å². The zero-order chi connectivity index (χ0) is 17.0. The molecule has 1 aromatic carbocycles. The van der Waals surface area contributed by atoms with Crippen LogP contribution in [-0.4, -0.2) is 33.6 Å². The second kappa shape index (κ2) is 8.84. The van der Waals surface area contributed by atoms with Gasteiger partial charge in [-0.25, -0.2) is 17.9 Å². The summed E-state index contributed by atoms with van der Waals surface area (Å²) in [6.45, 7) is 3.90. The van der Waals surface area contributed by atoms with E-state index < -0.39 is 21.5 Å². The van der Waals surface area contributed by atoms with Crippen LogP contribution in [0.2, 0.25) is 5.02 Å². The van der Waals surface area contributed by atoms with Crippen molar-refractivity contribution in [2.24, 2.45) is 5.73 Å². The van der Waals surface area contributed by atoms with E-state index in [1.54, 1.807) is 0 Å². The minimum Gasteiger partial charge on any atom is -0.465 e. The van der Waals surface area contributed by atoms with Gasteiger partial charge in [0.2, 0.25) is 10.0 Å². The van der Waals surface area contributed by atoms with Crippen LogP contribution in [0.5, 0.6) is 0 Å². The standard InChI is InChI=1S/C14H21ClN2O4S.ClH/c1-4-14(5-2,9-16)17-22(19,20)12-7-6-10(8-11(12)15)13(18)21-3;/h6-8,17H,4-5,9,16H2,1-3H3;1H. The molecule has 0 aromatic heterocycles. The first-order valence-electron chi connectivity index (χ1n) is 6.87. The van der Waals surface area contributed by atoms with Gasteiger partial charge in [-0.15, -0.1) is 12.4 Å². The molecule has 6 nitrogen and oxygen atoms in total. The smallest absolute Gasteiger partial charge is 0.337 e. The highest BCUT2D eigenvalue weighted by molar-refractivity contribution is 7.89. The third kappa shape index (κ3) is 5.06. The van der Waals surface area contributed by atoms with Gasteiger partial charge in [-0.05, 0) is 31.0 Å². The topological polar surface area (TPSA) is 98.5 Å². The predicted octanol–water partition coefficient (Wildman–Crippen LogP) is 2.34. The molecule has 23 heavy (non-hydrogen) atoms. The van der Waals surface area contributed by atoms with Gasteiger partial charge in [0.1, 0.15) is 4.90 Å². The SMILES string of the molecule is CCC(CC)(CN)NS(=O)(=O)c1ccc(C(=O)OC)cc1Cl.Cl. The molecule has 0 radical (unpaired) electrons. The van der Waals surface area contributed by atoms with Crippen LogP contribution in [0.3, 0.4) is 0 Å². The largest absolute Gasteiger partial charge is 0.465 e. The normalized spacial score (nSPS) is 11.7. The van der Waals surface area contributed by atoms with Gasteiger partial charge < -0.3 is 10.5 Å². The summed E-state index contributed by atoms with van der Waals surface area (Å²) in [7, 11) is -2.61. The van der Waals surface area contributed by atoms with E-state index in [-0.39, 0.29) is 34.4 Å². The molecule has 1 rings (SSSR count). The molecule has 0 atom stereocenters. The number of hydrogen-bond acceptors (Lipinski definition) is 5. The lowest BCUT2D eigenvalue weighted by molar-refractivity contribution is 0.0600. The fourth-order valence-corrected chi connectivity index (χ4v) is 4.13. The van der Waals surface area contributed by atoms with E-state index >= 15 is 0 Å². The van der Waals surface area contributed by atoms with Crippen LogP contribution in [0.1, 0.15) is 37.0 Å². The van der Waals surface area contributed by atoms with E-state index in [0.717, 1.165) is 0 Å². The van der Waals surface area contributed by atoms with Crippen molar-refractivity contribution in [3.8, 4) is 0 Å². The molecule has 0 fully saturated rings. The Labute approximate surface area is 148 Å². The molecular formula is C14H22Cl2N2O4S. The van der Waals surface area contributed by atoms with Gasteiger partial charge in [-0.1, -0.05) is 25.4 Å². The number of hydrogen-bond donors (Lipinski definition) is 2. The minimum atomic E-state index is -3.85. The number of carbonyl (C=O) groups is 1. The first-order chi connectivity index (χ1) is 10.2. The molecule has 1 aromatic rings. The Balaban J connectivity index is 0.00000484. The molecule has 0 heterocycles. The number of benzene rings is 1. The van der Waals surface area contributed by atoms with Gasteiger partial charge in [0.25, 0.3) is 0 Å². The zero-order valence-corrected chi connectivity index (χ0v) is 15.6. The van der Waals surface area contributed by atoms with Crippen molar-refractivity contribution >= 4 is 40.0 Å². The third-order valence-corrected chi connectivity index (χ3v) is 5.80. The number of halogens is 2. The van der Waals surface area contributed by atoms with Crippen molar-refractivity contribution in [3.05, 3.63) is 28.8 Å². The van der Waals surface area contributed by atoms with Gasteiger partial charge in [0.05, 0.1) is 17.7 Å². The van der Waals surface area contributed by atoms with Crippen molar-refractivity contribution in [1.82, 2.24) is 4.72 Å². The van der Waals surface area contributed by atoms with Crippen LogP contribution in [0.4, 0.5) is 0 Å². The summed E-state index contributed by atoms with van der Waals surface area (Å²) in [5.41, 5.74) is 5.18. The molecule has 0 saturated heterocycles. The number of methoxy groups -OCH3 is 1. The first kappa shape index (κ1) is 22.1. The zero-order valence-electron chi connectivity index (χ0n) is 13.3. The molecule has 132 valence electrons. The highest BCUT2D eigenvalue weighted by atomic mass is 35.5. The number of nitrogens with two attached hydrogens (primary N) is 1. The molecule has 0 unspecified atom stereocenters. The lowest BCUT2D eigenvalue weighted by atomic mass is 9.95. The number of sulfonamides is 1. The van der Waals surface area contributed by atoms with Crippen molar-refractivity contribution < 1.29 is 17.9 Å². The van der Waals surface area contributed by atoms with E-state index in [1.165, 1.54) is 25.3 Å². The highest BCUT2D eigenvalue weighted by Gasteiger charge is 2.32. The van der Waals surface area contributed by atoms with Gasteiger partial charge in [-0.3, -0.25) is 0 Å². The van der Waals surface area contributed by atoms with Crippen LogP contribution < -0.4 is 10.5 Å². The van der Waals surface area contributed by atoms with Crippen molar-refractivity contribution in [2.45, 2.75) is 37.1 Å². The molecular weight excluding hydrogens is 363 g/mol. The van der Waals surface area contributed by atoms with Crippen molar-refractivity contribution in [2.75, 3.05) is 13.7 Å². The Kier molecular flexibility index (Phi) is 8.51. The Morgan fingerprint density at radius 2 is 1.91 bits per heavy atom. The second-order valence-corrected chi connectivity index (χ2v) is 6.99. The Bertz CT molecular complexity index is 638. The molecule has 0 saturated carbocycles. The lowest BCUT2D eigenvalue weighted by Gasteiger charge is -2.31. The number of ether oxygens (including phenoxy) is 1. The maximum absolute atomic E-state index is 12.5. The Hall–Kier alpha value is -0.860. The Morgan fingerprint density at radius 3 is 2.30 bits per heavy atom. The van der Waals surface area contributed by atoms with Gasteiger partial charge >= 0.3 is 5.97 Å². The first-order valence-corrected chi connectivity index (χ1v) is 8.73. The lowest BCUT2D eigenvalue weighted by Crippen LogP contribution is -2.52. The van der Waals surface area contributed by atoms with Gasteiger partial charge in [-0.2, -0.15) is 0 Å².